The van der Waals surface area contributed by atoms with Crippen LogP contribution >= 0.6 is 0 Å². The third-order valence-electron chi connectivity index (χ3n) is 3.76. The number of hydrogen-bond donors (Lipinski definition) is 0. The fourth-order valence-electron chi connectivity index (χ4n) is 2.40. The molecule has 1 aromatic carbocycles. The summed E-state index contributed by atoms with van der Waals surface area (Å²) in [5.41, 5.74) is 1.16. The Kier molecular flexibility index (Phi) is 4.16. The first-order valence-electron chi connectivity index (χ1n) is 7.66. The SMILES string of the molecule is CC(C)(C)c1nc(COc2ccc([C@H]3CCOC3)cc2)no1. The lowest BCUT2D eigenvalue weighted by molar-refractivity contribution is 0.194. The minimum absolute atomic E-state index is 0.143. The lowest BCUT2D eigenvalue weighted by atomic mass is 9.97. The van der Waals surface area contributed by atoms with Gasteiger partial charge in [0.1, 0.15) is 5.75 Å². The number of benzene rings is 1. The largest absolute Gasteiger partial charge is 0.485 e. The van der Waals surface area contributed by atoms with Crippen molar-refractivity contribution in [1.29, 1.82) is 0 Å². The van der Waals surface area contributed by atoms with Crippen molar-refractivity contribution in [3.63, 3.8) is 0 Å². The highest BCUT2D eigenvalue weighted by Crippen LogP contribution is 2.27. The van der Waals surface area contributed by atoms with Gasteiger partial charge in [-0.25, -0.2) is 0 Å². The number of aromatic nitrogens is 2. The summed E-state index contributed by atoms with van der Waals surface area (Å²) in [7, 11) is 0. The molecule has 0 bridgehead atoms. The zero-order valence-corrected chi connectivity index (χ0v) is 13.3. The molecular formula is C17H22N2O3. The summed E-state index contributed by atoms with van der Waals surface area (Å²) in [6.45, 7) is 8.10. The van der Waals surface area contributed by atoms with E-state index in [-0.39, 0.29) is 5.41 Å². The summed E-state index contributed by atoms with van der Waals surface area (Å²) in [6.07, 6.45) is 1.10. The van der Waals surface area contributed by atoms with Crippen molar-refractivity contribution in [3.8, 4) is 5.75 Å². The molecule has 0 unspecified atom stereocenters. The van der Waals surface area contributed by atoms with E-state index in [2.05, 4.69) is 22.3 Å². The lowest BCUT2D eigenvalue weighted by Gasteiger charge is -2.10. The Hall–Kier alpha value is -1.88. The monoisotopic (exact) mass is 302 g/mol. The summed E-state index contributed by atoms with van der Waals surface area (Å²) in [5, 5.41) is 3.95. The van der Waals surface area contributed by atoms with Gasteiger partial charge in [0, 0.05) is 17.9 Å². The predicted molar refractivity (Wildman–Crippen MR) is 81.9 cm³/mol. The van der Waals surface area contributed by atoms with Crippen molar-refractivity contribution in [1.82, 2.24) is 10.1 Å². The molecule has 0 spiro atoms. The first-order valence-corrected chi connectivity index (χ1v) is 7.66. The zero-order chi connectivity index (χ0) is 15.6. The van der Waals surface area contributed by atoms with Gasteiger partial charge < -0.3 is 14.0 Å². The molecule has 0 aliphatic carbocycles. The molecule has 1 fully saturated rings. The number of hydrogen-bond acceptors (Lipinski definition) is 5. The van der Waals surface area contributed by atoms with Gasteiger partial charge in [-0.15, -0.1) is 0 Å². The molecule has 5 heteroatoms. The molecular weight excluding hydrogens is 280 g/mol. The minimum atomic E-state index is -0.143. The third kappa shape index (κ3) is 3.47. The quantitative estimate of drug-likeness (QED) is 0.865. The van der Waals surface area contributed by atoms with Crippen molar-refractivity contribution in [2.24, 2.45) is 0 Å². The summed E-state index contributed by atoms with van der Waals surface area (Å²) >= 11 is 0. The summed E-state index contributed by atoms with van der Waals surface area (Å²) in [4.78, 5) is 4.36. The maximum atomic E-state index is 5.72. The number of ether oxygens (including phenoxy) is 2. The van der Waals surface area contributed by atoms with E-state index in [0.717, 1.165) is 25.4 Å². The average Bonchev–Trinajstić information content (AvgIpc) is 3.16. The van der Waals surface area contributed by atoms with Gasteiger partial charge in [-0.1, -0.05) is 38.1 Å². The molecule has 1 aliphatic rings. The fraction of sp³-hybridized carbons (Fsp3) is 0.529. The van der Waals surface area contributed by atoms with E-state index in [0.29, 0.717) is 24.2 Å². The summed E-state index contributed by atoms with van der Waals surface area (Å²) in [6, 6.07) is 8.17. The smallest absolute Gasteiger partial charge is 0.232 e. The molecule has 2 heterocycles. The number of nitrogens with zero attached hydrogens (tertiary/aromatic N) is 2. The molecule has 0 N–H and O–H groups in total. The molecule has 22 heavy (non-hydrogen) atoms. The Morgan fingerprint density at radius 3 is 2.59 bits per heavy atom. The van der Waals surface area contributed by atoms with Crippen LogP contribution in [0.15, 0.2) is 28.8 Å². The van der Waals surface area contributed by atoms with Crippen LogP contribution in [0.5, 0.6) is 5.75 Å². The second kappa shape index (κ2) is 6.08. The van der Waals surface area contributed by atoms with Gasteiger partial charge in [0.05, 0.1) is 6.61 Å². The van der Waals surface area contributed by atoms with E-state index in [1.807, 2.05) is 32.9 Å². The summed E-state index contributed by atoms with van der Waals surface area (Å²) in [5.74, 6) is 2.52. The van der Waals surface area contributed by atoms with E-state index in [9.17, 15) is 0 Å². The van der Waals surface area contributed by atoms with Gasteiger partial charge in [0.2, 0.25) is 11.7 Å². The maximum Gasteiger partial charge on any atom is 0.232 e. The van der Waals surface area contributed by atoms with Gasteiger partial charge in [0.15, 0.2) is 6.61 Å². The fourth-order valence-corrected chi connectivity index (χ4v) is 2.40. The first-order chi connectivity index (χ1) is 10.5. The highest BCUT2D eigenvalue weighted by atomic mass is 16.5. The van der Waals surface area contributed by atoms with Crippen molar-refractivity contribution in [3.05, 3.63) is 41.5 Å². The molecule has 1 saturated heterocycles. The molecule has 1 aliphatic heterocycles. The van der Waals surface area contributed by atoms with E-state index in [4.69, 9.17) is 14.0 Å². The van der Waals surface area contributed by atoms with Crippen molar-refractivity contribution >= 4 is 0 Å². The van der Waals surface area contributed by atoms with Crippen LogP contribution in [0.25, 0.3) is 0 Å². The van der Waals surface area contributed by atoms with Crippen LogP contribution in [0, 0.1) is 0 Å². The van der Waals surface area contributed by atoms with E-state index < -0.39 is 0 Å². The molecule has 2 aromatic rings. The Morgan fingerprint density at radius 1 is 1.23 bits per heavy atom. The molecule has 0 saturated carbocycles. The summed E-state index contributed by atoms with van der Waals surface area (Å²) < 4.78 is 16.4. The molecule has 0 radical (unpaired) electrons. The number of rotatable bonds is 4. The molecule has 5 nitrogen and oxygen atoms in total. The Balaban J connectivity index is 1.58. The van der Waals surface area contributed by atoms with Crippen LogP contribution in [-0.2, 0) is 16.8 Å². The Morgan fingerprint density at radius 2 is 2.00 bits per heavy atom. The molecule has 3 rings (SSSR count). The third-order valence-corrected chi connectivity index (χ3v) is 3.76. The second-order valence-corrected chi connectivity index (χ2v) is 6.68. The van der Waals surface area contributed by atoms with E-state index in [1.165, 1.54) is 5.56 Å². The second-order valence-electron chi connectivity index (χ2n) is 6.68. The maximum absolute atomic E-state index is 5.72. The zero-order valence-electron chi connectivity index (χ0n) is 13.3. The Bertz CT molecular complexity index is 608. The molecule has 118 valence electrons. The lowest BCUT2D eigenvalue weighted by Crippen LogP contribution is -2.11. The van der Waals surface area contributed by atoms with Gasteiger partial charge in [0.25, 0.3) is 0 Å². The molecule has 1 aromatic heterocycles. The van der Waals surface area contributed by atoms with Crippen LogP contribution in [-0.4, -0.2) is 23.4 Å². The van der Waals surface area contributed by atoms with Crippen LogP contribution in [0.2, 0.25) is 0 Å². The standard InChI is InChI=1S/C17H22N2O3/c1-17(2,3)16-18-15(19-22-16)11-21-14-6-4-12(5-7-14)13-8-9-20-10-13/h4-7,13H,8-11H2,1-3H3/t13-/m0/s1. The van der Waals surface area contributed by atoms with Crippen LogP contribution < -0.4 is 4.74 Å². The highest BCUT2D eigenvalue weighted by Gasteiger charge is 2.22. The highest BCUT2D eigenvalue weighted by molar-refractivity contribution is 5.30. The minimum Gasteiger partial charge on any atom is -0.485 e. The van der Waals surface area contributed by atoms with Gasteiger partial charge in [-0.2, -0.15) is 4.98 Å². The van der Waals surface area contributed by atoms with Crippen LogP contribution in [0.1, 0.15) is 50.4 Å². The normalized spacial score (nSPS) is 18.6. The Labute approximate surface area is 130 Å². The van der Waals surface area contributed by atoms with Crippen molar-refractivity contribution < 1.29 is 14.0 Å². The average molecular weight is 302 g/mol. The van der Waals surface area contributed by atoms with E-state index in [1.54, 1.807) is 0 Å². The van der Waals surface area contributed by atoms with E-state index >= 15 is 0 Å². The predicted octanol–water partition coefficient (Wildman–Crippen LogP) is 3.45. The van der Waals surface area contributed by atoms with Gasteiger partial charge in [-0.3, -0.25) is 0 Å². The van der Waals surface area contributed by atoms with Crippen molar-refractivity contribution in [2.45, 2.75) is 45.1 Å². The van der Waals surface area contributed by atoms with Crippen LogP contribution in [0.3, 0.4) is 0 Å². The molecule has 0 amide bonds. The first kappa shape index (κ1) is 15.0. The van der Waals surface area contributed by atoms with Gasteiger partial charge in [-0.05, 0) is 24.1 Å². The van der Waals surface area contributed by atoms with Gasteiger partial charge >= 0.3 is 0 Å². The van der Waals surface area contributed by atoms with Crippen molar-refractivity contribution in [2.75, 3.05) is 13.2 Å². The van der Waals surface area contributed by atoms with Crippen LogP contribution in [0.4, 0.5) is 0 Å². The topological polar surface area (TPSA) is 57.4 Å². The molecule has 1 atom stereocenters.